The van der Waals surface area contributed by atoms with Gasteiger partial charge >= 0.3 is 10.8 Å². The van der Waals surface area contributed by atoms with Crippen molar-refractivity contribution in [2.45, 2.75) is 55.8 Å². The van der Waals surface area contributed by atoms with Crippen molar-refractivity contribution in [3.8, 4) is 0 Å². The van der Waals surface area contributed by atoms with E-state index < -0.39 is 23.8 Å². The molecule has 2 aliphatic carbocycles. The molecule has 2 aromatic rings. The highest BCUT2D eigenvalue weighted by atomic mass is 32.2. The second-order valence-corrected chi connectivity index (χ2v) is 13.1. The maximum absolute atomic E-state index is 13.7. The van der Waals surface area contributed by atoms with Gasteiger partial charge in [0.15, 0.2) is 0 Å². The number of hydrogen-bond donors (Lipinski definition) is 2. The Morgan fingerprint density at radius 2 is 1.77 bits per heavy atom. The van der Waals surface area contributed by atoms with Crippen LogP contribution in [0.5, 0.6) is 0 Å². The number of aromatic amines is 1. The van der Waals surface area contributed by atoms with Gasteiger partial charge in [0.05, 0.1) is 16.9 Å². The third kappa shape index (κ3) is 3.30. The van der Waals surface area contributed by atoms with Crippen LogP contribution in [0.4, 0.5) is 0 Å². The molecular formula is C26H28N2O5S2. The van der Waals surface area contributed by atoms with Gasteiger partial charge in [-0.2, -0.15) is 0 Å². The maximum atomic E-state index is 13.7. The number of fused-ring (bicyclic) bond motifs is 9. The van der Waals surface area contributed by atoms with Crippen molar-refractivity contribution in [2.24, 2.45) is 35.5 Å². The van der Waals surface area contributed by atoms with E-state index in [1.807, 2.05) is 20.8 Å². The van der Waals surface area contributed by atoms with Crippen LogP contribution < -0.4 is 4.87 Å². The van der Waals surface area contributed by atoms with Crippen LogP contribution in [0.1, 0.15) is 48.6 Å². The third-order valence-electron chi connectivity index (χ3n) is 8.49. The largest absolute Gasteiger partial charge is 0.480 e. The number of nitrogens with zero attached hydrogens (tertiary/aromatic N) is 1. The number of thiazole rings is 1. The molecule has 7 nitrogen and oxygen atoms in total. The molecule has 1 aromatic carbocycles. The van der Waals surface area contributed by atoms with E-state index in [0.717, 1.165) is 32.4 Å². The van der Waals surface area contributed by atoms with Gasteiger partial charge in [-0.3, -0.25) is 19.3 Å². The number of nitrogens with one attached hydrogen (secondary N) is 1. The van der Waals surface area contributed by atoms with Crippen LogP contribution in [0.25, 0.3) is 0 Å². The minimum atomic E-state index is -1.11. The van der Waals surface area contributed by atoms with Crippen LogP contribution in [-0.2, 0) is 14.4 Å². The van der Waals surface area contributed by atoms with E-state index in [1.54, 1.807) is 11.8 Å². The zero-order valence-corrected chi connectivity index (χ0v) is 21.4. The summed E-state index contributed by atoms with van der Waals surface area (Å²) in [5.41, 5.74) is 2.28. The van der Waals surface area contributed by atoms with E-state index in [2.05, 4.69) is 29.2 Å². The van der Waals surface area contributed by atoms with E-state index in [4.69, 9.17) is 0 Å². The molecule has 2 saturated carbocycles. The van der Waals surface area contributed by atoms with Crippen LogP contribution in [-0.4, -0.2) is 44.1 Å². The van der Waals surface area contributed by atoms with E-state index in [-0.39, 0.29) is 57.9 Å². The fourth-order valence-electron chi connectivity index (χ4n) is 7.26. The standard InChI is InChI=1S/C26H28N2O5S2/c1-10(2)8-15(25(31)32)28-23(29)18-13-9-14(19(18)24(28)30)20-17(13)16(12-6-4-11(3)5-7-12)21-22(34-20)27-26(33)35-21/h4-7,10,13-20H,8-9H2,1-3H3,(H,27,33)(H,31,32)/t13-,14-,15+,16-,17-,18+,19+,20+/m1/s1. The molecule has 2 aliphatic heterocycles. The summed E-state index contributed by atoms with van der Waals surface area (Å²) in [5, 5.41) is 10.9. The van der Waals surface area contributed by atoms with Gasteiger partial charge in [-0.1, -0.05) is 55.0 Å². The molecule has 2 N–H and O–H groups in total. The number of H-pyrrole nitrogens is 1. The summed E-state index contributed by atoms with van der Waals surface area (Å²) in [7, 11) is 0. The number of amides is 2. The molecule has 6 rings (SSSR count). The smallest absolute Gasteiger partial charge is 0.326 e. The van der Waals surface area contributed by atoms with Gasteiger partial charge in [-0.15, -0.1) is 11.8 Å². The number of carboxylic acid groups (broad SMARTS) is 1. The molecule has 2 amide bonds. The molecule has 0 spiro atoms. The molecule has 35 heavy (non-hydrogen) atoms. The number of rotatable bonds is 5. The molecule has 9 heteroatoms. The predicted octanol–water partition coefficient (Wildman–Crippen LogP) is 3.72. The Balaban J connectivity index is 1.42. The molecule has 3 heterocycles. The van der Waals surface area contributed by atoms with Crippen molar-refractivity contribution in [1.82, 2.24) is 9.88 Å². The lowest BCUT2D eigenvalue weighted by Gasteiger charge is -2.43. The van der Waals surface area contributed by atoms with Crippen LogP contribution >= 0.6 is 23.1 Å². The summed E-state index contributed by atoms with van der Waals surface area (Å²) in [6.45, 7) is 5.85. The molecule has 1 saturated heterocycles. The molecule has 4 aliphatic rings. The molecule has 1 aromatic heterocycles. The number of hydrogen-bond acceptors (Lipinski definition) is 6. The SMILES string of the molecule is Cc1ccc([C@H]2c3sc(=O)[nH]c3S[C@H]3[C@@H]4C[C@@H]([C@@H]5C(=O)N([C@@H](CC(C)C)C(=O)O)C(=O)[C@@H]45)[C@H]23)cc1. The van der Waals surface area contributed by atoms with Crippen molar-refractivity contribution >= 4 is 40.9 Å². The van der Waals surface area contributed by atoms with Gasteiger partial charge in [0, 0.05) is 16.0 Å². The number of carbonyl (C=O) groups is 3. The highest BCUT2D eigenvalue weighted by molar-refractivity contribution is 8.00. The lowest BCUT2D eigenvalue weighted by atomic mass is 9.68. The van der Waals surface area contributed by atoms with Crippen molar-refractivity contribution in [2.75, 3.05) is 0 Å². The van der Waals surface area contributed by atoms with Gasteiger partial charge in [0.1, 0.15) is 6.04 Å². The first-order chi connectivity index (χ1) is 16.7. The highest BCUT2D eigenvalue weighted by Crippen LogP contribution is 2.68. The lowest BCUT2D eigenvalue weighted by Crippen LogP contribution is -2.47. The quantitative estimate of drug-likeness (QED) is 0.592. The number of carboxylic acids is 1. The van der Waals surface area contributed by atoms with E-state index in [1.165, 1.54) is 11.3 Å². The number of likely N-dealkylation sites (tertiary alicyclic amines) is 1. The zero-order chi connectivity index (χ0) is 24.8. The summed E-state index contributed by atoms with van der Waals surface area (Å²) in [6.07, 6.45) is 1.06. The number of benzene rings is 1. The Bertz CT molecular complexity index is 1280. The Morgan fingerprint density at radius 3 is 2.40 bits per heavy atom. The first kappa shape index (κ1) is 23.0. The highest BCUT2D eigenvalue weighted by Gasteiger charge is 2.70. The van der Waals surface area contributed by atoms with Crippen LogP contribution in [0.2, 0.25) is 0 Å². The topological polar surface area (TPSA) is 108 Å². The number of aryl methyl sites for hydroxylation is 1. The summed E-state index contributed by atoms with van der Waals surface area (Å²) < 4.78 is 0. The normalized spacial score (nSPS) is 33.7. The summed E-state index contributed by atoms with van der Waals surface area (Å²) in [4.78, 5) is 56.8. The Labute approximate surface area is 211 Å². The molecule has 2 bridgehead atoms. The molecule has 184 valence electrons. The van der Waals surface area contributed by atoms with Gasteiger partial charge in [-0.05, 0) is 49.0 Å². The molecule has 3 fully saturated rings. The maximum Gasteiger partial charge on any atom is 0.326 e. The molecule has 8 atom stereocenters. The fourth-order valence-corrected chi connectivity index (χ4v) is 10.1. The predicted molar refractivity (Wildman–Crippen MR) is 132 cm³/mol. The monoisotopic (exact) mass is 512 g/mol. The van der Waals surface area contributed by atoms with Gasteiger partial charge in [0.2, 0.25) is 11.8 Å². The molecular weight excluding hydrogens is 484 g/mol. The number of aliphatic carboxylic acids is 1. The number of aromatic nitrogens is 1. The average molecular weight is 513 g/mol. The van der Waals surface area contributed by atoms with Crippen molar-refractivity contribution in [1.29, 1.82) is 0 Å². The van der Waals surface area contributed by atoms with Crippen molar-refractivity contribution < 1.29 is 19.5 Å². The third-order valence-corrected chi connectivity index (χ3v) is 11.1. The van der Waals surface area contributed by atoms with E-state index >= 15 is 0 Å². The number of carbonyl (C=O) groups excluding carboxylic acids is 2. The number of imide groups is 1. The van der Waals surface area contributed by atoms with Gasteiger partial charge in [0.25, 0.3) is 0 Å². The second-order valence-electron chi connectivity index (χ2n) is 10.9. The van der Waals surface area contributed by atoms with Crippen LogP contribution in [0.15, 0.2) is 34.1 Å². The van der Waals surface area contributed by atoms with Crippen LogP contribution in [0, 0.1) is 42.4 Å². The second kappa shape index (κ2) is 8.06. The Kier molecular flexibility index (Phi) is 5.31. The minimum absolute atomic E-state index is 0.000514. The van der Waals surface area contributed by atoms with E-state index in [0.29, 0.717) is 0 Å². The van der Waals surface area contributed by atoms with Crippen molar-refractivity contribution in [3.05, 3.63) is 49.9 Å². The summed E-state index contributed by atoms with van der Waals surface area (Å²) in [5.74, 6) is -2.50. The minimum Gasteiger partial charge on any atom is -0.480 e. The Hall–Kier alpha value is -2.39. The first-order valence-electron chi connectivity index (χ1n) is 12.2. The lowest BCUT2D eigenvalue weighted by molar-refractivity contribution is -0.156. The first-order valence-corrected chi connectivity index (χ1v) is 13.9. The molecule has 0 unspecified atom stereocenters. The summed E-state index contributed by atoms with van der Waals surface area (Å²) >= 11 is 2.89. The zero-order valence-electron chi connectivity index (χ0n) is 19.8. The van der Waals surface area contributed by atoms with E-state index in [9.17, 15) is 24.3 Å². The van der Waals surface area contributed by atoms with Crippen LogP contribution in [0.3, 0.4) is 0 Å². The number of thioether (sulfide) groups is 1. The van der Waals surface area contributed by atoms with Gasteiger partial charge in [-0.25, -0.2) is 4.79 Å². The Morgan fingerprint density at radius 1 is 1.11 bits per heavy atom. The fraction of sp³-hybridized carbons (Fsp3) is 0.538. The van der Waals surface area contributed by atoms with Gasteiger partial charge < -0.3 is 10.1 Å². The summed E-state index contributed by atoms with van der Waals surface area (Å²) in [6, 6.07) is 7.27. The molecule has 0 radical (unpaired) electrons. The average Bonchev–Trinajstić information content (AvgIpc) is 3.52. The van der Waals surface area contributed by atoms with Crippen molar-refractivity contribution in [3.63, 3.8) is 0 Å².